The zero-order chi connectivity index (χ0) is 23.9. The molecule has 0 aliphatic carbocycles. The lowest BCUT2D eigenvalue weighted by Crippen LogP contribution is -2.55. The summed E-state index contributed by atoms with van der Waals surface area (Å²) in [5, 5.41) is 14.8. The molecule has 0 aliphatic rings. The van der Waals surface area contributed by atoms with Gasteiger partial charge in [0.05, 0.1) is 23.1 Å². The van der Waals surface area contributed by atoms with E-state index in [0.29, 0.717) is 5.69 Å². The molecule has 11 heteroatoms. The molecule has 0 saturated carbocycles. The predicted octanol–water partition coefficient (Wildman–Crippen LogP) is 3.23. The third-order valence-electron chi connectivity index (χ3n) is 5.14. The second kappa shape index (κ2) is 8.29. The van der Waals surface area contributed by atoms with Gasteiger partial charge in [-0.3, -0.25) is 9.59 Å². The normalized spacial score (nSPS) is 13.1. The second-order valence-electron chi connectivity index (χ2n) is 7.83. The van der Waals surface area contributed by atoms with E-state index in [9.17, 15) is 32.3 Å². The Kier molecular flexibility index (Phi) is 6.51. The number of aliphatic hydroxyl groups excluding tert-OH is 1. The number of anilines is 1. The molecule has 2 aromatic rings. The van der Waals surface area contributed by atoms with Crippen LogP contribution in [0, 0.1) is 26.7 Å². The summed E-state index contributed by atoms with van der Waals surface area (Å²) in [4.78, 5) is 28.7. The zero-order valence-electron chi connectivity index (χ0n) is 17.9. The maximum atomic E-state index is 13.3. The smallest absolute Gasteiger partial charge is 0.377 e. The second-order valence-corrected chi connectivity index (χ2v) is 7.83. The molecule has 0 aliphatic heterocycles. The molecule has 0 spiro atoms. The zero-order valence-corrected chi connectivity index (χ0v) is 17.9. The van der Waals surface area contributed by atoms with Crippen LogP contribution in [0.1, 0.15) is 52.8 Å². The maximum absolute atomic E-state index is 13.3. The molecule has 170 valence electrons. The molecule has 31 heavy (non-hydrogen) atoms. The van der Waals surface area contributed by atoms with Crippen molar-refractivity contribution in [3.8, 4) is 0 Å². The Labute approximate surface area is 176 Å². The summed E-state index contributed by atoms with van der Waals surface area (Å²) in [6, 6.07) is 1.39. The van der Waals surface area contributed by atoms with Crippen LogP contribution in [0.5, 0.6) is 0 Å². The molecule has 3 N–H and O–H groups in total. The van der Waals surface area contributed by atoms with Crippen LogP contribution in [-0.2, 0) is 11.8 Å². The molecule has 2 heterocycles. The summed E-state index contributed by atoms with van der Waals surface area (Å²) in [5.41, 5.74) is -1.41. The van der Waals surface area contributed by atoms with Crippen molar-refractivity contribution >= 4 is 17.5 Å². The number of hydrogen-bond donors (Lipinski definition) is 3. The van der Waals surface area contributed by atoms with Crippen molar-refractivity contribution in [1.29, 1.82) is 0 Å². The predicted molar refractivity (Wildman–Crippen MR) is 105 cm³/mol. The molecule has 2 amide bonds. The Morgan fingerprint density at radius 1 is 1.19 bits per heavy atom. The van der Waals surface area contributed by atoms with Gasteiger partial charge in [0.15, 0.2) is 6.10 Å². The molecular formula is C20H24F4N4O3. The minimum absolute atomic E-state index is 0.0217. The number of aromatic nitrogens is 2. The highest BCUT2D eigenvalue weighted by Crippen LogP contribution is 2.32. The van der Waals surface area contributed by atoms with Gasteiger partial charge in [-0.05, 0) is 46.2 Å². The highest BCUT2D eigenvalue weighted by molar-refractivity contribution is 6.06. The van der Waals surface area contributed by atoms with Gasteiger partial charge in [-0.2, -0.15) is 17.6 Å². The van der Waals surface area contributed by atoms with Crippen LogP contribution >= 0.6 is 0 Å². The summed E-state index contributed by atoms with van der Waals surface area (Å²) in [5.74, 6) is -2.53. The minimum atomic E-state index is -4.73. The number of halogens is 4. The Hall–Kier alpha value is -2.95. The number of nitrogens with one attached hydrogen (secondary N) is 2. The van der Waals surface area contributed by atoms with Crippen molar-refractivity contribution in [3.63, 3.8) is 0 Å². The Morgan fingerprint density at radius 3 is 2.29 bits per heavy atom. The SMILES string of the molecule is Cc1cc(NC(=O)c2c(C)c(C(O)C(=O)NC(C)(C)C(F)(F)F)n(C)c2C)cnc1F. The largest absolute Gasteiger partial charge is 0.410 e. The van der Waals surface area contributed by atoms with E-state index in [1.807, 2.05) is 0 Å². The van der Waals surface area contributed by atoms with Gasteiger partial charge in [-0.1, -0.05) is 0 Å². The first-order valence-corrected chi connectivity index (χ1v) is 9.24. The highest BCUT2D eigenvalue weighted by atomic mass is 19.4. The fraction of sp³-hybridized carbons (Fsp3) is 0.450. The van der Waals surface area contributed by atoms with Crippen molar-refractivity contribution in [3.05, 3.63) is 46.3 Å². The van der Waals surface area contributed by atoms with E-state index in [-0.39, 0.29) is 28.1 Å². The van der Waals surface area contributed by atoms with E-state index in [0.717, 1.165) is 20.0 Å². The van der Waals surface area contributed by atoms with Crippen molar-refractivity contribution in [2.24, 2.45) is 7.05 Å². The van der Waals surface area contributed by atoms with Gasteiger partial charge in [0.1, 0.15) is 5.54 Å². The number of hydrogen-bond acceptors (Lipinski definition) is 4. The quantitative estimate of drug-likeness (QED) is 0.487. The van der Waals surface area contributed by atoms with E-state index in [1.165, 1.54) is 31.5 Å². The molecule has 1 unspecified atom stereocenters. The van der Waals surface area contributed by atoms with E-state index in [2.05, 4.69) is 10.3 Å². The molecule has 2 aromatic heterocycles. The summed E-state index contributed by atoms with van der Waals surface area (Å²) in [6.45, 7) is 6.06. The Balaban J connectivity index is 2.35. The van der Waals surface area contributed by atoms with E-state index >= 15 is 0 Å². The summed E-state index contributed by atoms with van der Waals surface area (Å²) < 4.78 is 53.9. The van der Waals surface area contributed by atoms with E-state index in [4.69, 9.17) is 0 Å². The van der Waals surface area contributed by atoms with Gasteiger partial charge in [0.2, 0.25) is 5.95 Å². The number of aliphatic hydroxyl groups is 1. The van der Waals surface area contributed by atoms with Crippen LogP contribution in [-0.4, -0.2) is 38.2 Å². The van der Waals surface area contributed by atoms with Crippen LogP contribution in [0.15, 0.2) is 12.3 Å². The lowest BCUT2D eigenvalue weighted by atomic mass is 10.0. The molecule has 0 radical (unpaired) electrons. The molecule has 0 fully saturated rings. The lowest BCUT2D eigenvalue weighted by molar-refractivity contribution is -0.190. The topological polar surface area (TPSA) is 96.3 Å². The number of nitrogens with zero attached hydrogens (tertiary/aromatic N) is 2. The fourth-order valence-corrected chi connectivity index (χ4v) is 3.11. The third kappa shape index (κ3) is 4.71. The van der Waals surface area contributed by atoms with Crippen LogP contribution in [0.3, 0.4) is 0 Å². The Morgan fingerprint density at radius 2 is 1.77 bits per heavy atom. The van der Waals surface area contributed by atoms with Gasteiger partial charge in [0, 0.05) is 18.3 Å². The van der Waals surface area contributed by atoms with Gasteiger partial charge >= 0.3 is 6.18 Å². The molecule has 0 aromatic carbocycles. The number of carbonyl (C=O) groups excluding carboxylic acids is 2. The first-order chi connectivity index (χ1) is 14.1. The monoisotopic (exact) mass is 444 g/mol. The molecule has 1 atom stereocenters. The molecule has 2 rings (SSSR count). The van der Waals surface area contributed by atoms with Crippen molar-refractivity contribution in [2.45, 2.75) is 52.4 Å². The molecular weight excluding hydrogens is 420 g/mol. The number of alkyl halides is 3. The maximum Gasteiger partial charge on any atom is 0.410 e. The van der Waals surface area contributed by atoms with Gasteiger partial charge in [-0.25, -0.2) is 4.98 Å². The standard InChI is InChI=1S/C20H24F4N4O3/c1-9-7-12(8-25-16(9)21)26-17(30)13-10(2)14(28(6)11(13)3)15(29)18(31)27-19(4,5)20(22,23)24/h7-8,15,29H,1-6H3,(H,26,30)(H,27,31). The molecule has 0 saturated heterocycles. The average molecular weight is 444 g/mol. The van der Waals surface area contributed by atoms with Gasteiger partial charge in [-0.15, -0.1) is 0 Å². The number of amides is 2. The third-order valence-corrected chi connectivity index (χ3v) is 5.14. The van der Waals surface area contributed by atoms with Crippen LogP contribution in [0.25, 0.3) is 0 Å². The Bertz CT molecular complexity index is 1030. The van der Waals surface area contributed by atoms with Crippen LogP contribution in [0.2, 0.25) is 0 Å². The first-order valence-electron chi connectivity index (χ1n) is 9.24. The number of aryl methyl sites for hydroxylation is 1. The summed E-state index contributed by atoms with van der Waals surface area (Å²) in [7, 11) is 1.48. The fourth-order valence-electron chi connectivity index (χ4n) is 3.11. The van der Waals surface area contributed by atoms with Crippen molar-refractivity contribution < 1.29 is 32.3 Å². The van der Waals surface area contributed by atoms with Gasteiger partial charge < -0.3 is 20.3 Å². The first kappa shape index (κ1) is 24.3. The molecule has 7 nitrogen and oxygen atoms in total. The van der Waals surface area contributed by atoms with Crippen molar-refractivity contribution in [2.75, 3.05) is 5.32 Å². The lowest BCUT2D eigenvalue weighted by Gasteiger charge is -2.30. The number of pyridine rings is 1. The average Bonchev–Trinajstić information content (AvgIpc) is 2.85. The number of rotatable bonds is 5. The molecule has 0 bridgehead atoms. The number of carbonyl (C=O) groups is 2. The minimum Gasteiger partial charge on any atom is -0.377 e. The van der Waals surface area contributed by atoms with Crippen molar-refractivity contribution in [1.82, 2.24) is 14.9 Å². The van der Waals surface area contributed by atoms with E-state index < -0.39 is 35.6 Å². The van der Waals surface area contributed by atoms with E-state index in [1.54, 1.807) is 12.2 Å². The van der Waals surface area contributed by atoms with Gasteiger partial charge in [0.25, 0.3) is 11.8 Å². The highest BCUT2D eigenvalue weighted by Gasteiger charge is 2.49. The summed E-state index contributed by atoms with van der Waals surface area (Å²) in [6.07, 6.45) is -5.54. The summed E-state index contributed by atoms with van der Waals surface area (Å²) >= 11 is 0. The van der Waals surface area contributed by atoms with Crippen LogP contribution in [0.4, 0.5) is 23.2 Å². The van der Waals surface area contributed by atoms with Crippen LogP contribution < -0.4 is 10.6 Å².